The number of halogens is 1. The van der Waals surface area contributed by atoms with Crippen LogP contribution in [0.2, 0.25) is 0 Å². The third-order valence-electron chi connectivity index (χ3n) is 6.80. The molecule has 2 aromatic rings. The van der Waals surface area contributed by atoms with Crippen molar-refractivity contribution in [3.05, 3.63) is 52.8 Å². The molecule has 0 aromatic heterocycles. The molecule has 0 radical (unpaired) electrons. The smallest absolute Gasteiger partial charge is 0.165 e. The molecule has 2 heterocycles. The number of benzene rings is 2. The zero-order valence-corrected chi connectivity index (χ0v) is 17.9. The molecule has 29 heavy (non-hydrogen) atoms. The second-order valence-electron chi connectivity index (χ2n) is 8.21. The molecule has 156 valence electrons. The molecule has 0 aliphatic carbocycles. The predicted octanol–water partition coefficient (Wildman–Crippen LogP) is 4.88. The summed E-state index contributed by atoms with van der Waals surface area (Å²) in [5, 5.41) is 0. The summed E-state index contributed by atoms with van der Waals surface area (Å²) >= 11 is 0. The van der Waals surface area contributed by atoms with Gasteiger partial charge in [-0.25, -0.2) is 4.39 Å². The number of rotatable bonds is 4. The fourth-order valence-electron chi connectivity index (χ4n) is 5.06. The molecule has 2 aliphatic heterocycles. The molecule has 0 bridgehead atoms. The zero-order valence-electron chi connectivity index (χ0n) is 17.9. The second-order valence-corrected chi connectivity index (χ2v) is 8.21. The van der Waals surface area contributed by atoms with Gasteiger partial charge in [0.25, 0.3) is 0 Å². The van der Waals surface area contributed by atoms with Gasteiger partial charge in [-0.05, 0) is 68.0 Å². The molecular weight excluding hydrogens is 367 g/mol. The molecule has 4 nitrogen and oxygen atoms in total. The highest BCUT2D eigenvalue weighted by Gasteiger charge is 2.36. The maximum atomic E-state index is 13.8. The summed E-state index contributed by atoms with van der Waals surface area (Å²) < 4.78 is 24.5. The van der Waals surface area contributed by atoms with Gasteiger partial charge in [0.1, 0.15) is 5.75 Å². The molecule has 2 atom stereocenters. The lowest BCUT2D eigenvalue weighted by atomic mass is 9.86. The van der Waals surface area contributed by atoms with Crippen LogP contribution in [0.5, 0.6) is 11.5 Å². The number of nitrogens with zero attached hydrogens (tertiary/aromatic N) is 2. The monoisotopic (exact) mass is 398 g/mol. The van der Waals surface area contributed by atoms with Crippen LogP contribution in [0.3, 0.4) is 0 Å². The van der Waals surface area contributed by atoms with Crippen molar-refractivity contribution in [1.82, 2.24) is 4.90 Å². The van der Waals surface area contributed by atoms with Crippen molar-refractivity contribution in [2.45, 2.75) is 45.2 Å². The molecule has 2 aromatic carbocycles. The van der Waals surface area contributed by atoms with E-state index in [1.54, 1.807) is 7.11 Å². The summed E-state index contributed by atoms with van der Waals surface area (Å²) in [5.41, 5.74) is 5.07. The first-order valence-electron chi connectivity index (χ1n) is 10.5. The average Bonchev–Trinajstić information content (AvgIpc) is 2.75. The number of anilines is 1. The summed E-state index contributed by atoms with van der Waals surface area (Å²) in [4.78, 5) is 5.06. The Morgan fingerprint density at radius 1 is 0.931 bits per heavy atom. The van der Waals surface area contributed by atoms with Crippen molar-refractivity contribution in [2.24, 2.45) is 0 Å². The van der Waals surface area contributed by atoms with Gasteiger partial charge in [0.2, 0.25) is 0 Å². The van der Waals surface area contributed by atoms with Crippen LogP contribution in [0.4, 0.5) is 10.1 Å². The lowest BCUT2D eigenvalue weighted by Crippen LogP contribution is -2.56. The molecule has 0 saturated carbocycles. The van der Waals surface area contributed by atoms with Crippen LogP contribution < -0.4 is 14.4 Å². The third-order valence-corrected chi connectivity index (χ3v) is 6.80. The van der Waals surface area contributed by atoms with Crippen LogP contribution in [0.1, 0.15) is 42.0 Å². The van der Waals surface area contributed by atoms with E-state index in [9.17, 15) is 4.39 Å². The number of methoxy groups -OCH3 is 2. The highest BCUT2D eigenvalue weighted by molar-refractivity contribution is 5.52. The van der Waals surface area contributed by atoms with E-state index in [-0.39, 0.29) is 5.82 Å². The summed E-state index contributed by atoms with van der Waals surface area (Å²) in [7, 11) is 3.26. The lowest BCUT2D eigenvalue weighted by Gasteiger charge is -2.49. The van der Waals surface area contributed by atoms with Gasteiger partial charge >= 0.3 is 0 Å². The van der Waals surface area contributed by atoms with E-state index >= 15 is 0 Å². The Morgan fingerprint density at radius 3 is 2.48 bits per heavy atom. The normalized spacial score (nSPS) is 22.3. The van der Waals surface area contributed by atoms with E-state index < -0.39 is 0 Å². The minimum absolute atomic E-state index is 0.307. The van der Waals surface area contributed by atoms with Gasteiger partial charge in [-0.15, -0.1) is 0 Å². The maximum absolute atomic E-state index is 13.8. The topological polar surface area (TPSA) is 24.9 Å². The van der Waals surface area contributed by atoms with Gasteiger partial charge in [-0.2, -0.15) is 0 Å². The first kappa shape index (κ1) is 20.0. The standard InChI is InChI=1S/C24H31FN2O2/c1-16-17(2)23(28-3)11-9-20(16)22-7-5-6-19-15-26(12-13-27(19)22)18-8-10-21(25)24(14-18)29-4/h8-11,14,19,22H,5-7,12-13,15H2,1-4H3/t19-,22+/m0/s1. The number of piperidine rings is 1. The second kappa shape index (κ2) is 8.23. The highest BCUT2D eigenvalue weighted by Crippen LogP contribution is 2.40. The Hall–Kier alpha value is -2.27. The first-order valence-corrected chi connectivity index (χ1v) is 10.5. The summed E-state index contributed by atoms with van der Waals surface area (Å²) in [6, 6.07) is 10.5. The van der Waals surface area contributed by atoms with Gasteiger partial charge < -0.3 is 14.4 Å². The molecule has 2 fully saturated rings. The SMILES string of the molecule is COc1cc(N2CCN3[C@@H](CCC[C@@H]3c3ccc(OC)c(C)c3C)C2)ccc1F. The third kappa shape index (κ3) is 3.68. The average molecular weight is 399 g/mol. The summed E-state index contributed by atoms with van der Waals surface area (Å²) in [5.74, 6) is 0.974. The van der Waals surface area contributed by atoms with Crippen LogP contribution in [0.15, 0.2) is 30.3 Å². The fourth-order valence-corrected chi connectivity index (χ4v) is 5.06. The quantitative estimate of drug-likeness (QED) is 0.733. The zero-order chi connectivity index (χ0) is 20.5. The van der Waals surface area contributed by atoms with Crippen LogP contribution in [0.25, 0.3) is 0 Å². The van der Waals surface area contributed by atoms with E-state index in [2.05, 4.69) is 35.8 Å². The van der Waals surface area contributed by atoms with E-state index in [0.29, 0.717) is 17.8 Å². The number of hydrogen-bond acceptors (Lipinski definition) is 4. The summed E-state index contributed by atoms with van der Waals surface area (Å²) in [6.45, 7) is 7.30. The number of piperazine rings is 1. The number of hydrogen-bond donors (Lipinski definition) is 0. The first-order chi connectivity index (χ1) is 14.0. The maximum Gasteiger partial charge on any atom is 0.165 e. The van der Waals surface area contributed by atoms with E-state index in [1.807, 2.05) is 12.1 Å². The summed E-state index contributed by atoms with van der Waals surface area (Å²) in [6.07, 6.45) is 3.64. The van der Waals surface area contributed by atoms with E-state index in [1.165, 1.54) is 49.1 Å². The Balaban J connectivity index is 1.55. The molecule has 0 amide bonds. The van der Waals surface area contributed by atoms with Crippen molar-refractivity contribution < 1.29 is 13.9 Å². The molecule has 2 aliphatic rings. The number of ether oxygens (including phenoxy) is 2. The molecule has 4 rings (SSSR count). The van der Waals surface area contributed by atoms with Crippen molar-refractivity contribution >= 4 is 5.69 Å². The molecule has 0 unspecified atom stereocenters. The minimum Gasteiger partial charge on any atom is -0.496 e. The molecule has 0 spiro atoms. The minimum atomic E-state index is -0.307. The molecular formula is C24H31FN2O2. The van der Waals surface area contributed by atoms with Gasteiger partial charge in [0.05, 0.1) is 14.2 Å². The van der Waals surface area contributed by atoms with Crippen LogP contribution in [-0.4, -0.2) is 44.8 Å². The van der Waals surface area contributed by atoms with Crippen molar-refractivity contribution in [1.29, 1.82) is 0 Å². The van der Waals surface area contributed by atoms with Crippen molar-refractivity contribution in [3.8, 4) is 11.5 Å². The Bertz CT molecular complexity index is 885. The fraction of sp³-hybridized carbons (Fsp3) is 0.500. The molecule has 2 saturated heterocycles. The van der Waals surface area contributed by atoms with Crippen LogP contribution >= 0.6 is 0 Å². The van der Waals surface area contributed by atoms with Crippen molar-refractivity contribution in [2.75, 3.05) is 38.8 Å². The van der Waals surface area contributed by atoms with Gasteiger partial charge in [0.15, 0.2) is 11.6 Å². The van der Waals surface area contributed by atoms with Crippen LogP contribution in [0, 0.1) is 19.7 Å². The Kier molecular flexibility index (Phi) is 5.68. The van der Waals surface area contributed by atoms with E-state index in [0.717, 1.165) is 31.1 Å². The van der Waals surface area contributed by atoms with Gasteiger partial charge in [0, 0.05) is 43.5 Å². The molecule has 0 N–H and O–H groups in total. The van der Waals surface area contributed by atoms with Crippen molar-refractivity contribution in [3.63, 3.8) is 0 Å². The Labute approximate surface area is 173 Å². The predicted molar refractivity (Wildman–Crippen MR) is 115 cm³/mol. The van der Waals surface area contributed by atoms with Crippen LogP contribution in [-0.2, 0) is 0 Å². The molecule has 5 heteroatoms. The van der Waals surface area contributed by atoms with Gasteiger partial charge in [-0.3, -0.25) is 4.90 Å². The Morgan fingerprint density at radius 2 is 1.72 bits per heavy atom. The highest BCUT2D eigenvalue weighted by atomic mass is 19.1. The van der Waals surface area contributed by atoms with E-state index in [4.69, 9.17) is 9.47 Å². The number of fused-ring (bicyclic) bond motifs is 1. The largest absolute Gasteiger partial charge is 0.496 e. The lowest BCUT2D eigenvalue weighted by molar-refractivity contribution is 0.0712. The van der Waals surface area contributed by atoms with Gasteiger partial charge in [-0.1, -0.05) is 6.07 Å².